The molecule has 0 radical (unpaired) electrons. The Bertz CT molecular complexity index is 1470. The van der Waals surface area contributed by atoms with Crippen molar-refractivity contribution < 1.29 is 37.7 Å². The third-order valence-corrected chi connectivity index (χ3v) is 5.89. The Morgan fingerprint density at radius 3 is 2.65 bits per heavy atom. The number of methoxy groups -OCH3 is 1. The molecule has 9 nitrogen and oxygen atoms in total. The first-order chi connectivity index (χ1) is 17.9. The lowest BCUT2D eigenvalue weighted by molar-refractivity contribution is -0.122. The average molecular weight is 525 g/mol. The topological polar surface area (TPSA) is 103 Å². The van der Waals surface area contributed by atoms with Gasteiger partial charge < -0.3 is 18.9 Å². The van der Waals surface area contributed by atoms with Crippen LogP contribution in [0.15, 0.2) is 60.2 Å². The summed E-state index contributed by atoms with van der Waals surface area (Å²) < 4.78 is 35.6. The Kier molecular flexibility index (Phi) is 6.41. The van der Waals surface area contributed by atoms with E-state index in [0.29, 0.717) is 22.6 Å². The summed E-state index contributed by atoms with van der Waals surface area (Å²) in [6.07, 6.45) is 1.28. The predicted molar refractivity (Wildman–Crippen MR) is 130 cm³/mol. The molecule has 3 aromatic carbocycles. The van der Waals surface area contributed by atoms with Crippen LogP contribution < -0.4 is 29.2 Å². The van der Waals surface area contributed by atoms with Crippen molar-refractivity contribution in [1.29, 1.82) is 0 Å². The molecule has 3 aromatic rings. The van der Waals surface area contributed by atoms with E-state index < -0.39 is 23.7 Å². The molecule has 0 aromatic heterocycles. The van der Waals surface area contributed by atoms with Gasteiger partial charge in [0, 0.05) is 11.6 Å². The molecule has 1 saturated heterocycles. The van der Waals surface area contributed by atoms with Crippen LogP contribution in [-0.2, 0) is 16.2 Å². The minimum absolute atomic E-state index is 0.0190. The van der Waals surface area contributed by atoms with Crippen LogP contribution in [-0.4, -0.2) is 31.7 Å². The number of hydrogen-bond donors (Lipinski definition) is 1. The number of nitrogens with one attached hydrogen (secondary N) is 1. The Hall–Kier alpha value is -4.57. The number of ether oxygens (including phenoxy) is 4. The molecular formula is C26H18ClFN2O7. The molecular weight excluding hydrogens is 507 g/mol. The van der Waals surface area contributed by atoms with E-state index in [1.165, 1.54) is 43.5 Å². The quantitative estimate of drug-likeness (QED) is 0.375. The number of rotatable bonds is 6. The van der Waals surface area contributed by atoms with Crippen molar-refractivity contribution >= 4 is 41.2 Å². The third-order valence-electron chi connectivity index (χ3n) is 5.61. The second-order valence-electron chi connectivity index (χ2n) is 7.91. The van der Waals surface area contributed by atoms with Gasteiger partial charge in [0.05, 0.1) is 17.8 Å². The lowest BCUT2D eigenvalue weighted by Gasteiger charge is -2.26. The predicted octanol–water partition coefficient (Wildman–Crippen LogP) is 4.46. The smallest absolute Gasteiger partial charge is 0.335 e. The number of hydrogen-bond acceptors (Lipinski definition) is 7. The van der Waals surface area contributed by atoms with Gasteiger partial charge in [-0.3, -0.25) is 14.9 Å². The fourth-order valence-corrected chi connectivity index (χ4v) is 4.09. The Morgan fingerprint density at radius 1 is 1.08 bits per heavy atom. The number of carbonyl (C=O) groups excluding carboxylic acids is 3. The van der Waals surface area contributed by atoms with Crippen molar-refractivity contribution in [3.05, 3.63) is 82.1 Å². The van der Waals surface area contributed by atoms with Gasteiger partial charge >= 0.3 is 6.03 Å². The van der Waals surface area contributed by atoms with E-state index >= 15 is 0 Å². The van der Waals surface area contributed by atoms with E-state index in [0.717, 1.165) is 4.90 Å². The van der Waals surface area contributed by atoms with Gasteiger partial charge in [0.15, 0.2) is 23.0 Å². The number of nitrogens with zero attached hydrogens (tertiary/aromatic N) is 1. The van der Waals surface area contributed by atoms with E-state index in [9.17, 15) is 18.8 Å². The van der Waals surface area contributed by atoms with Gasteiger partial charge in [-0.2, -0.15) is 0 Å². The fourth-order valence-electron chi connectivity index (χ4n) is 3.81. The molecule has 0 bridgehead atoms. The van der Waals surface area contributed by atoms with E-state index in [1.807, 2.05) is 0 Å². The second kappa shape index (κ2) is 9.82. The van der Waals surface area contributed by atoms with Gasteiger partial charge in [0.1, 0.15) is 18.0 Å². The molecule has 0 spiro atoms. The number of benzene rings is 3. The standard InChI is InChI=1S/C26H18ClFN2O7/c1-34-22-10-14(9-18(27)23(22)35-12-15-4-2-3-5-19(15)28)8-17-24(31)29-26(33)30(25(17)32)16-6-7-20-21(11-16)37-13-36-20/h2-11H,12-13H2,1H3,(H,29,31,33)/b17-8+. The number of anilines is 1. The molecule has 2 aliphatic rings. The molecule has 188 valence electrons. The fraction of sp³-hybridized carbons (Fsp3) is 0.115. The van der Waals surface area contributed by atoms with E-state index in [1.54, 1.807) is 24.3 Å². The molecule has 0 atom stereocenters. The Balaban J connectivity index is 1.44. The summed E-state index contributed by atoms with van der Waals surface area (Å²) in [5.41, 5.74) is 0.538. The first-order valence-electron chi connectivity index (χ1n) is 10.9. The number of carbonyl (C=O) groups is 3. The highest BCUT2D eigenvalue weighted by Gasteiger charge is 2.37. The lowest BCUT2D eigenvalue weighted by atomic mass is 10.1. The molecule has 2 heterocycles. The summed E-state index contributed by atoms with van der Waals surface area (Å²) in [5, 5.41) is 2.26. The summed E-state index contributed by atoms with van der Waals surface area (Å²) in [5.74, 6) is -0.955. The summed E-state index contributed by atoms with van der Waals surface area (Å²) in [4.78, 5) is 39.1. The highest BCUT2D eigenvalue weighted by Crippen LogP contribution is 2.39. The number of halogens is 2. The van der Waals surface area contributed by atoms with Gasteiger partial charge in [-0.25, -0.2) is 14.1 Å². The molecule has 0 saturated carbocycles. The van der Waals surface area contributed by atoms with Crippen LogP contribution in [0, 0.1) is 5.82 Å². The molecule has 4 amide bonds. The molecule has 0 unspecified atom stereocenters. The molecule has 11 heteroatoms. The molecule has 5 rings (SSSR count). The van der Waals surface area contributed by atoms with E-state index in [-0.39, 0.29) is 41.2 Å². The summed E-state index contributed by atoms with van der Waals surface area (Å²) in [7, 11) is 1.39. The zero-order chi connectivity index (χ0) is 26.1. The minimum atomic E-state index is -0.904. The number of fused-ring (bicyclic) bond motifs is 1. The Labute approximate surface area is 214 Å². The molecule has 1 N–H and O–H groups in total. The Morgan fingerprint density at radius 2 is 1.86 bits per heavy atom. The van der Waals surface area contributed by atoms with Gasteiger partial charge in [0.2, 0.25) is 6.79 Å². The molecule has 0 aliphatic carbocycles. The summed E-state index contributed by atoms with van der Waals surface area (Å²) in [6.45, 7) is -0.0815. The zero-order valence-corrected chi connectivity index (χ0v) is 20.0. The zero-order valence-electron chi connectivity index (χ0n) is 19.2. The van der Waals surface area contributed by atoms with Crippen LogP contribution in [0.4, 0.5) is 14.9 Å². The summed E-state index contributed by atoms with van der Waals surface area (Å²) >= 11 is 6.41. The van der Waals surface area contributed by atoms with Crippen LogP contribution in [0.25, 0.3) is 6.08 Å². The normalized spacial score (nSPS) is 15.7. The number of barbiturate groups is 1. The van der Waals surface area contributed by atoms with Crippen LogP contribution in [0.2, 0.25) is 5.02 Å². The number of urea groups is 1. The van der Waals surface area contributed by atoms with Crippen molar-refractivity contribution in [2.24, 2.45) is 0 Å². The summed E-state index contributed by atoms with van der Waals surface area (Å²) in [6, 6.07) is 12.7. The SMILES string of the molecule is COc1cc(/C=C2\C(=O)NC(=O)N(c3ccc4c(c3)OCO4)C2=O)cc(Cl)c1OCc1ccccc1F. The average Bonchev–Trinajstić information content (AvgIpc) is 3.34. The van der Waals surface area contributed by atoms with Gasteiger partial charge in [-0.05, 0) is 42.0 Å². The number of imide groups is 2. The van der Waals surface area contributed by atoms with Gasteiger partial charge in [-0.15, -0.1) is 0 Å². The van der Waals surface area contributed by atoms with Crippen LogP contribution in [0.1, 0.15) is 11.1 Å². The second-order valence-corrected chi connectivity index (χ2v) is 8.32. The minimum Gasteiger partial charge on any atom is -0.493 e. The van der Waals surface area contributed by atoms with Crippen molar-refractivity contribution in [3.8, 4) is 23.0 Å². The maximum Gasteiger partial charge on any atom is 0.335 e. The van der Waals surface area contributed by atoms with Crippen molar-refractivity contribution in [1.82, 2.24) is 5.32 Å². The first kappa shape index (κ1) is 24.1. The van der Waals surface area contributed by atoms with Crippen LogP contribution in [0.5, 0.6) is 23.0 Å². The number of amides is 4. The monoisotopic (exact) mass is 524 g/mol. The van der Waals surface area contributed by atoms with Crippen LogP contribution >= 0.6 is 11.6 Å². The van der Waals surface area contributed by atoms with E-state index in [2.05, 4.69) is 5.32 Å². The largest absolute Gasteiger partial charge is 0.493 e. The highest BCUT2D eigenvalue weighted by molar-refractivity contribution is 6.39. The maximum absolute atomic E-state index is 14.0. The van der Waals surface area contributed by atoms with Gasteiger partial charge in [0.25, 0.3) is 11.8 Å². The van der Waals surface area contributed by atoms with E-state index in [4.69, 9.17) is 30.5 Å². The first-order valence-corrected chi connectivity index (χ1v) is 11.3. The maximum atomic E-state index is 14.0. The third kappa shape index (κ3) is 4.66. The van der Waals surface area contributed by atoms with Crippen LogP contribution in [0.3, 0.4) is 0 Å². The van der Waals surface area contributed by atoms with Gasteiger partial charge in [-0.1, -0.05) is 29.8 Å². The molecule has 1 fully saturated rings. The van der Waals surface area contributed by atoms with Crippen molar-refractivity contribution in [3.63, 3.8) is 0 Å². The lowest BCUT2D eigenvalue weighted by Crippen LogP contribution is -2.54. The highest BCUT2D eigenvalue weighted by atomic mass is 35.5. The molecule has 37 heavy (non-hydrogen) atoms. The van der Waals surface area contributed by atoms with Crippen molar-refractivity contribution in [2.45, 2.75) is 6.61 Å². The van der Waals surface area contributed by atoms with Crippen molar-refractivity contribution in [2.75, 3.05) is 18.8 Å². The molecule has 2 aliphatic heterocycles.